The third kappa shape index (κ3) is 2.30. The van der Waals surface area contributed by atoms with Crippen LogP contribution >= 0.6 is 11.6 Å². The maximum Gasteiger partial charge on any atom is 0.293 e. The van der Waals surface area contributed by atoms with Crippen molar-refractivity contribution in [1.29, 1.82) is 0 Å². The van der Waals surface area contributed by atoms with E-state index < -0.39 is 4.92 Å². The molecular weight excluding hydrogens is 328 g/mol. The van der Waals surface area contributed by atoms with E-state index in [4.69, 9.17) is 11.6 Å². The lowest BCUT2D eigenvalue weighted by Gasteiger charge is -2.41. The van der Waals surface area contributed by atoms with Crippen molar-refractivity contribution in [2.45, 2.75) is 37.6 Å². The van der Waals surface area contributed by atoms with Gasteiger partial charge in [0.05, 0.1) is 16.2 Å². The van der Waals surface area contributed by atoms with E-state index in [0.29, 0.717) is 17.2 Å². The van der Waals surface area contributed by atoms with Gasteiger partial charge < -0.3 is 10.4 Å². The topological polar surface area (TPSA) is 75.4 Å². The molecule has 4 atom stereocenters. The third-order valence-electron chi connectivity index (χ3n) is 5.59. The normalized spacial score (nSPS) is 30.5. The molecule has 0 unspecified atom stereocenters. The molecule has 0 spiro atoms. The number of allylic oxidation sites excluding steroid dienone is 4. The van der Waals surface area contributed by atoms with E-state index in [1.165, 1.54) is 6.07 Å². The molecule has 0 saturated heterocycles. The molecule has 126 valence electrons. The number of nitro benzene ring substituents is 1. The molecular formula is C18H19ClN2O3. The van der Waals surface area contributed by atoms with Crippen LogP contribution in [0.2, 0.25) is 5.02 Å². The van der Waals surface area contributed by atoms with Crippen molar-refractivity contribution in [3.05, 3.63) is 51.1 Å². The molecule has 2 N–H and O–H groups in total. The van der Waals surface area contributed by atoms with Crippen LogP contribution in [0.3, 0.4) is 0 Å². The molecule has 4 rings (SSSR count). The standard InChI is InChI=1S/C18H19ClN2O3/c19-13-9-14(22)17-15(18(13)21(23)24)11-7-4-8-12(11)16(20-17)10-5-2-1-3-6-10/h1-2,4,7,9-12,16,20,22H,3,5-6,8H2/t10-,11-,12+,16-/m0/s1. The fourth-order valence-corrected chi connectivity index (χ4v) is 4.82. The van der Waals surface area contributed by atoms with Crippen LogP contribution in [0.15, 0.2) is 30.4 Å². The van der Waals surface area contributed by atoms with Crippen molar-refractivity contribution in [2.24, 2.45) is 11.8 Å². The fraction of sp³-hybridized carbons (Fsp3) is 0.444. The number of anilines is 1. The van der Waals surface area contributed by atoms with E-state index in [1.807, 2.05) is 6.08 Å². The lowest BCUT2D eigenvalue weighted by Crippen LogP contribution is -2.42. The number of benzene rings is 1. The lowest BCUT2D eigenvalue weighted by atomic mass is 9.71. The highest BCUT2D eigenvalue weighted by Gasteiger charge is 2.45. The summed E-state index contributed by atoms with van der Waals surface area (Å²) in [6.07, 6.45) is 12.6. The van der Waals surface area contributed by atoms with Gasteiger partial charge in [-0.15, -0.1) is 0 Å². The fourth-order valence-electron chi connectivity index (χ4n) is 4.54. The molecule has 3 aliphatic rings. The van der Waals surface area contributed by atoms with Crippen molar-refractivity contribution in [1.82, 2.24) is 0 Å². The second-order valence-electron chi connectivity index (χ2n) is 6.84. The molecule has 0 aromatic heterocycles. The summed E-state index contributed by atoms with van der Waals surface area (Å²) in [6.45, 7) is 0. The predicted octanol–water partition coefficient (Wildman–Crippen LogP) is 4.76. The molecule has 1 aliphatic heterocycles. The molecule has 1 aromatic rings. The Balaban J connectivity index is 1.84. The number of rotatable bonds is 2. The number of fused-ring (bicyclic) bond motifs is 3. The zero-order valence-corrected chi connectivity index (χ0v) is 13.9. The highest BCUT2D eigenvalue weighted by atomic mass is 35.5. The minimum atomic E-state index is -0.435. The average Bonchev–Trinajstić information content (AvgIpc) is 3.04. The first-order valence-electron chi connectivity index (χ1n) is 8.36. The predicted molar refractivity (Wildman–Crippen MR) is 93.7 cm³/mol. The molecule has 0 fully saturated rings. The minimum absolute atomic E-state index is 0.00357. The molecule has 2 aliphatic carbocycles. The van der Waals surface area contributed by atoms with Crippen LogP contribution in [-0.4, -0.2) is 16.1 Å². The van der Waals surface area contributed by atoms with E-state index in [9.17, 15) is 15.2 Å². The van der Waals surface area contributed by atoms with Gasteiger partial charge in [-0.25, -0.2) is 0 Å². The largest absolute Gasteiger partial charge is 0.506 e. The summed E-state index contributed by atoms with van der Waals surface area (Å²) in [7, 11) is 0. The number of aromatic hydroxyl groups is 1. The Labute approximate surface area is 145 Å². The van der Waals surface area contributed by atoms with Crippen molar-refractivity contribution in [3.8, 4) is 5.75 Å². The van der Waals surface area contributed by atoms with Crippen LogP contribution in [-0.2, 0) is 0 Å². The lowest BCUT2D eigenvalue weighted by molar-refractivity contribution is -0.385. The van der Waals surface area contributed by atoms with Gasteiger partial charge >= 0.3 is 0 Å². The van der Waals surface area contributed by atoms with Crippen molar-refractivity contribution in [3.63, 3.8) is 0 Å². The summed E-state index contributed by atoms with van der Waals surface area (Å²) in [6, 6.07) is 1.48. The van der Waals surface area contributed by atoms with Gasteiger partial charge in [0.15, 0.2) is 0 Å². The molecule has 1 heterocycles. The first kappa shape index (κ1) is 15.5. The van der Waals surface area contributed by atoms with Gasteiger partial charge in [0.2, 0.25) is 0 Å². The highest BCUT2D eigenvalue weighted by Crippen LogP contribution is 2.54. The van der Waals surface area contributed by atoms with Crippen molar-refractivity contribution >= 4 is 23.0 Å². The van der Waals surface area contributed by atoms with Crippen molar-refractivity contribution in [2.75, 3.05) is 5.32 Å². The number of nitrogens with one attached hydrogen (secondary N) is 1. The Hall–Kier alpha value is -2.01. The number of halogens is 1. The van der Waals surface area contributed by atoms with Gasteiger partial charge in [0.1, 0.15) is 10.8 Å². The number of phenols is 1. The van der Waals surface area contributed by atoms with Crippen LogP contribution in [0.25, 0.3) is 0 Å². The summed E-state index contributed by atoms with van der Waals surface area (Å²) in [5.41, 5.74) is 0.935. The maximum atomic E-state index is 11.6. The SMILES string of the molecule is O=[N+]([O-])c1c(Cl)cc(O)c2c1[C@H]1C=CC[C@H]1[C@H]([C@H]1CC=CCC1)N2. The van der Waals surface area contributed by atoms with Crippen LogP contribution in [0.1, 0.15) is 37.2 Å². The molecule has 0 radical (unpaired) electrons. The summed E-state index contributed by atoms with van der Waals surface area (Å²) in [4.78, 5) is 11.1. The Morgan fingerprint density at radius 2 is 2.12 bits per heavy atom. The first-order valence-corrected chi connectivity index (χ1v) is 8.73. The Morgan fingerprint density at radius 1 is 1.29 bits per heavy atom. The number of phenolic OH excluding ortho intramolecular Hbond substituents is 1. The van der Waals surface area contributed by atoms with E-state index in [-0.39, 0.29) is 34.3 Å². The Bertz CT molecular complexity index is 759. The summed E-state index contributed by atoms with van der Waals surface area (Å²) >= 11 is 6.07. The van der Waals surface area contributed by atoms with E-state index in [2.05, 4.69) is 23.5 Å². The summed E-state index contributed by atoms with van der Waals surface area (Å²) in [5.74, 6) is 0.674. The number of nitrogens with zero attached hydrogens (tertiary/aromatic N) is 1. The van der Waals surface area contributed by atoms with E-state index >= 15 is 0 Å². The molecule has 5 nitrogen and oxygen atoms in total. The summed E-state index contributed by atoms with van der Waals surface area (Å²) < 4.78 is 0. The average molecular weight is 347 g/mol. The minimum Gasteiger partial charge on any atom is -0.506 e. The van der Waals surface area contributed by atoms with Crippen LogP contribution in [0.4, 0.5) is 11.4 Å². The van der Waals surface area contributed by atoms with Crippen molar-refractivity contribution < 1.29 is 10.0 Å². The van der Waals surface area contributed by atoms with Crippen LogP contribution in [0.5, 0.6) is 5.75 Å². The van der Waals surface area contributed by atoms with Crippen LogP contribution < -0.4 is 5.32 Å². The molecule has 24 heavy (non-hydrogen) atoms. The van der Waals surface area contributed by atoms with Gasteiger partial charge in [-0.05, 0) is 37.5 Å². The molecule has 0 bridgehead atoms. The molecule has 1 aromatic carbocycles. The highest BCUT2D eigenvalue weighted by molar-refractivity contribution is 6.33. The van der Waals surface area contributed by atoms with E-state index in [0.717, 1.165) is 25.7 Å². The molecule has 6 heteroatoms. The number of hydrogen-bond acceptors (Lipinski definition) is 4. The van der Waals surface area contributed by atoms with Crippen LogP contribution in [0, 0.1) is 22.0 Å². The zero-order chi connectivity index (χ0) is 16.8. The monoisotopic (exact) mass is 346 g/mol. The Morgan fingerprint density at radius 3 is 2.83 bits per heavy atom. The second-order valence-corrected chi connectivity index (χ2v) is 7.25. The first-order chi connectivity index (χ1) is 11.6. The van der Waals surface area contributed by atoms with Gasteiger partial charge in [-0.2, -0.15) is 0 Å². The van der Waals surface area contributed by atoms with Gasteiger partial charge in [-0.1, -0.05) is 35.9 Å². The zero-order valence-electron chi connectivity index (χ0n) is 13.1. The smallest absolute Gasteiger partial charge is 0.293 e. The third-order valence-corrected chi connectivity index (χ3v) is 5.88. The van der Waals surface area contributed by atoms with Gasteiger partial charge in [-0.3, -0.25) is 10.1 Å². The quantitative estimate of drug-likeness (QED) is 0.350. The molecule has 0 saturated carbocycles. The van der Waals surface area contributed by atoms with Gasteiger partial charge in [0, 0.05) is 18.0 Å². The maximum absolute atomic E-state index is 11.6. The Kier molecular flexibility index (Phi) is 3.76. The molecule has 0 amide bonds. The van der Waals surface area contributed by atoms with Gasteiger partial charge in [0.25, 0.3) is 5.69 Å². The number of nitro groups is 1. The second kappa shape index (κ2) is 5.81. The number of hydrogen-bond donors (Lipinski definition) is 2. The van der Waals surface area contributed by atoms with E-state index in [1.54, 1.807) is 0 Å². The summed E-state index contributed by atoms with van der Waals surface area (Å²) in [5, 5.41) is 25.4.